The lowest BCUT2D eigenvalue weighted by molar-refractivity contribution is 0.00223. The molecule has 1 aromatic heterocycles. The van der Waals surface area contributed by atoms with Crippen LogP contribution >= 0.6 is 0 Å². The van der Waals surface area contributed by atoms with Crippen molar-refractivity contribution in [2.24, 2.45) is 5.92 Å². The zero-order chi connectivity index (χ0) is 14.4. The highest BCUT2D eigenvalue weighted by Crippen LogP contribution is 2.33. The SMILES string of the molecule is CCNc1nccc(NCC2(O)CCC(CC)CC2)n1. The van der Waals surface area contributed by atoms with Crippen LogP contribution in [0.2, 0.25) is 0 Å². The molecule has 1 aromatic rings. The van der Waals surface area contributed by atoms with Gasteiger partial charge in [0.2, 0.25) is 5.95 Å². The summed E-state index contributed by atoms with van der Waals surface area (Å²) in [6.45, 7) is 5.60. The summed E-state index contributed by atoms with van der Waals surface area (Å²) in [5.74, 6) is 2.18. The van der Waals surface area contributed by atoms with Crippen molar-refractivity contribution in [2.45, 2.75) is 51.6 Å². The van der Waals surface area contributed by atoms with E-state index >= 15 is 0 Å². The molecule has 0 aliphatic heterocycles. The average Bonchev–Trinajstić information content (AvgIpc) is 2.47. The first-order chi connectivity index (χ1) is 9.65. The Labute approximate surface area is 121 Å². The van der Waals surface area contributed by atoms with Crippen LogP contribution in [0.15, 0.2) is 12.3 Å². The molecule has 5 nitrogen and oxygen atoms in total. The summed E-state index contributed by atoms with van der Waals surface area (Å²) in [4.78, 5) is 8.50. The van der Waals surface area contributed by atoms with Gasteiger partial charge in [0.15, 0.2) is 0 Å². The quantitative estimate of drug-likeness (QED) is 0.746. The Morgan fingerprint density at radius 1 is 1.30 bits per heavy atom. The molecule has 0 radical (unpaired) electrons. The first kappa shape index (κ1) is 15.0. The highest BCUT2D eigenvalue weighted by molar-refractivity contribution is 5.39. The Bertz CT molecular complexity index is 416. The van der Waals surface area contributed by atoms with E-state index in [1.807, 2.05) is 13.0 Å². The molecule has 0 saturated heterocycles. The Morgan fingerprint density at radius 3 is 2.70 bits per heavy atom. The highest BCUT2D eigenvalue weighted by atomic mass is 16.3. The largest absolute Gasteiger partial charge is 0.388 e. The van der Waals surface area contributed by atoms with E-state index in [1.54, 1.807) is 6.20 Å². The van der Waals surface area contributed by atoms with E-state index in [1.165, 1.54) is 6.42 Å². The Hall–Kier alpha value is -1.36. The lowest BCUT2D eigenvalue weighted by atomic mass is 9.78. The highest BCUT2D eigenvalue weighted by Gasteiger charge is 2.32. The number of nitrogens with zero attached hydrogens (tertiary/aromatic N) is 2. The maximum Gasteiger partial charge on any atom is 0.224 e. The van der Waals surface area contributed by atoms with E-state index in [2.05, 4.69) is 27.5 Å². The van der Waals surface area contributed by atoms with Crippen LogP contribution in [0.5, 0.6) is 0 Å². The first-order valence-corrected chi connectivity index (χ1v) is 7.68. The number of hydrogen-bond donors (Lipinski definition) is 3. The molecule has 3 N–H and O–H groups in total. The predicted octanol–water partition coefficient (Wildman–Crippen LogP) is 2.65. The molecule has 0 aromatic carbocycles. The molecular weight excluding hydrogens is 252 g/mol. The van der Waals surface area contributed by atoms with Gasteiger partial charge in [0.05, 0.1) is 5.60 Å². The van der Waals surface area contributed by atoms with Crippen molar-refractivity contribution in [3.8, 4) is 0 Å². The fraction of sp³-hybridized carbons (Fsp3) is 0.733. The van der Waals surface area contributed by atoms with Crippen LogP contribution in [-0.2, 0) is 0 Å². The van der Waals surface area contributed by atoms with Crippen LogP contribution < -0.4 is 10.6 Å². The summed E-state index contributed by atoms with van der Waals surface area (Å²) >= 11 is 0. The van der Waals surface area contributed by atoms with E-state index in [4.69, 9.17) is 0 Å². The molecule has 0 amide bonds. The van der Waals surface area contributed by atoms with E-state index in [-0.39, 0.29) is 0 Å². The summed E-state index contributed by atoms with van der Waals surface area (Å²) in [7, 11) is 0. The molecule has 112 valence electrons. The molecular formula is C15H26N4O. The number of rotatable bonds is 6. The van der Waals surface area contributed by atoms with Gasteiger partial charge in [-0.3, -0.25) is 0 Å². The monoisotopic (exact) mass is 278 g/mol. The minimum absolute atomic E-state index is 0.562. The lowest BCUT2D eigenvalue weighted by Crippen LogP contribution is -2.40. The van der Waals surface area contributed by atoms with Gasteiger partial charge in [0.25, 0.3) is 0 Å². The Balaban J connectivity index is 1.87. The molecule has 1 saturated carbocycles. The van der Waals surface area contributed by atoms with Crippen molar-refractivity contribution >= 4 is 11.8 Å². The van der Waals surface area contributed by atoms with Crippen molar-refractivity contribution in [2.75, 3.05) is 23.7 Å². The maximum absolute atomic E-state index is 10.6. The molecule has 0 atom stereocenters. The van der Waals surface area contributed by atoms with E-state index < -0.39 is 5.60 Å². The second kappa shape index (κ2) is 6.88. The maximum atomic E-state index is 10.6. The van der Waals surface area contributed by atoms with E-state index in [9.17, 15) is 5.11 Å². The second-order valence-corrected chi connectivity index (χ2v) is 5.73. The van der Waals surface area contributed by atoms with Gasteiger partial charge in [-0.15, -0.1) is 0 Å². The lowest BCUT2D eigenvalue weighted by Gasteiger charge is -2.36. The van der Waals surface area contributed by atoms with Gasteiger partial charge in [-0.25, -0.2) is 4.98 Å². The summed E-state index contributed by atoms with van der Waals surface area (Å²) in [5.41, 5.74) is -0.588. The topological polar surface area (TPSA) is 70.1 Å². The standard InChI is InChI=1S/C15H26N4O/c1-3-12-5-8-15(20,9-6-12)11-18-13-7-10-17-14(19-13)16-4-2/h7,10,12,20H,3-6,8-9,11H2,1-2H3,(H2,16,17,18,19). The molecule has 0 bridgehead atoms. The summed E-state index contributed by atoms with van der Waals surface area (Å²) in [6.07, 6.45) is 6.96. The number of anilines is 2. The van der Waals surface area contributed by atoms with Gasteiger partial charge in [-0.2, -0.15) is 4.98 Å². The number of hydrogen-bond acceptors (Lipinski definition) is 5. The summed E-state index contributed by atoms with van der Waals surface area (Å²) in [6, 6.07) is 1.84. The Morgan fingerprint density at radius 2 is 2.05 bits per heavy atom. The van der Waals surface area contributed by atoms with Crippen LogP contribution in [-0.4, -0.2) is 33.8 Å². The molecule has 0 unspecified atom stereocenters. The fourth-order valence-corrected chi connectivity index (χ4v) is 2.76. The third-order valence-electron chi connectivity index (χ3n) is 4.20. The average molecular weight is 278 g/mol. The molecule has 1 heterocycles. The second-order valence-electron chi connectivity index (χ2n) is 5.73. The molecule has 0 spiro atoms. The van der Waals surface area contributed by atoms with Crippen LogP contribution in [0.4, 0.5) is 11.8 Å². The first-order valence-electron chi connectivity index (χ1n) is 7.68. The molecule has 5 heteroatoms. The van der Waals surface area contributed by atoms with Gasteiger partial charge >= 0.3 is 0 Å². The minimum Gasteiger partial charge on any atom is -0.388 e. The van der Waals surface area contributed by atoms with E-state index in [0.29, 0.717) is 12.5 Å². The van der Waals surface area contributed by atoms with Crippen molar-refractivity contribution in [1.29, 1.82) is 0 Å². The molecule has 1 fully saturated rings. The van der Waals surface area contributed by atoms with Crippen molar-refractivity contribution in [3.63, 3.8) is 0 Å². The smallest absolute Gasteiger partial charge is 0.224 e. The third kappa shape index (κ3) is 4.07. The molecule has 20 heavy (non-hydrogen) atoms. The van der Waals surface area contributed by atoms with Crippen LogP contribution in [0, 0.1) is 5.92 Å². The number of nitrogens with one attached hydrogen (secondary N) is 2. The third-order valence-corrected chi connectivity index (χ3v) is 4.20. The van der Waals surface area contributed by atoms with Gasteiger partial charge in [0, 0.05) is 19.3 Å². The van der Waals surface area contributed by atoms with Crippen molar-refractivity contribution in [1.82, 2.24) is 9.97 Å². The van der Waals surface area contributed by atoms with Crippen molar-refractivity contribution < 1.29 is 5.11 Å². The van der Waals surface area contributed by atoms with Gasteiger partial charge in [-0.05, 0) is 44.6 Å². The molecule has 2 rings (SSSR count). The van der Waals surface area contributed by atoms with Gasteiger partial charge in [0.1, 0.15) is 5.82 Å². The molecule has 1 aliphatic carbocycles. The fourth-order valence-electron chi connectivity index (χ4n) is 2.76. The zero-order valence-electron chi connectivity index (χ0n) is 12.5. The van der Waals surface area contributed by atoms with Crippen LogP contribution in [0.25, 0.3) is 0 Å². The van der Waals surface area contributed by atoms with Crippen LogP contribution in [0.1, 0.15) is 46.0 Å². The number of aliphatic hydroxyl groups is 1. The van der Waals surface area contributed by atoms with Gasteiger partial charge in [-0.1, -0.05) is 13.3 Å². The number of aromatic nitrogens is 2. The van der Waals surface area contributed by atoms with E-state index in [0.717, 1.165) is 44.0 Å². The molecule has 1 aliphatic rings. The predicted molar refractivity (Wildman–Crippen MR) is 81.9 cm³/mol. The normalized spacial score (nSPS) is 26.2. The van der Waals surface area contributed by atoms with Crippen LogP contribution in [0.3, 0.4) is 0 Å². The summed E-state index contributed by atoms with van der Waals surface area (Å²) < 4.78 is 0. The minimum atomic E-state index is -0.588. The van der Waals surface area contributed by atoms with Crippen molar-refractivity contribution in [3.05, 3.63) is 12.3 Å². The van der Waals surface area contributed by atoms with Gasteiger partial charge < -0.3 is 15.7 Å². The zero-order valence-corrected chi connectivity index (χ0v) is 12.5. The Kier molecular flexibility index (Phi) is 5.17. The summed E-state index contributed by atoms with van der Waals surface area (Å²) in [5, 5.41) is 16.9.